The van der Waals surface area contributed by atoms with Gasteiger partial charge in [-0.1, -0.05) is 6.07 Å². The molecule has 0 bridgehead atoms. The second-order valence-corrected chi connectivity index (χ2v) is 9.11. The third-order valence-electron chi connectivity index (χ3n) is 6.65. The van der Waals surface area contributed by atoms with E-state index in [1.165, 1.54) is 13.3 Å². The fraction of sp³-hybridized carbons (Fsp3) is 0.370. The average molecular weight is 520 g/mol. The summed E-state index contributed by atoms with van der Waals surface area (Å²) in [6.45, 7) is 4.91. The van der Waals surface area contributed by atoms with Gasteiger partial charge >= 0.3 is 0 Å². The highest BCUT2D eigenvalue weighted by Crippen LogP contribution is 2.43. The maximum Gasteiger partial charge on any atom is 0.231 e. The molecule has 1 amide bonds. The molecule has 1 saturated heterocycles. The summed E-state index contributed by atoms with van der Waals surface area (Å²) in [6, 6.07) is 11.2. The number of benzene rings is 2. The molecule has 2 aliphatic rings. The summed E-state index contributed by atoms with van der Waals surface area (Å²) in [7, 11) is 1.53. The van der Waals surface area contributed by atoms with Crippen molar-refractivity contribution in [2.45, 2.75) is 13.0 Å². The van der Waals surface area contributed by atoms with Crippen molar-refractivity contribution in [1.29, 1.82) is 5.26 Å². The summed E-state index contributed by atoms with van der Waals surface area (Å²) >= 11 is 0. The number of anilines is 2. The Hall–Kier alpha value is -4.27. The van der Waals surface area contributed by atoms with Crippen molar-refractivity contribution in [3.8, 4) is 29.1 Å². The van der Waals surface area contributed by atoms with Crippen LogP contribution in [0.15, 0.2) is 36.5 Å². The second-order valence-electron chi connectivity index (χ2n) is 9.11. The molecule has 0 spiro atoms. The van der Waals surface area contributed by atoms with E-state index in [0.29, 0.717) is 83.6 Å². The van der Waals surface area contributed by atoms with Gasteiger partial charge in [0.2, 0.25) is 12.7 Å². The lowest BCUT2D eigenvalue weighted by atomic mass is 10.1. The molecule has 3 aromatic rings. The molecule has 38 heavy (non-hydrogen) atoms. The van der Waals surface area contributed by atoms with Crippen molar-refractivity contribution in [2.75, 3.05) is 58.6 Å². The summed E-state index contributed by atoms with van der Waals surface area (Å²) in [4.78, 5) is 19.9. The largest absolute Gasteiger partial charge is 0.493 e. The minimum absolute atomic E-state index is 0.0592. The molecule has 198 valence electrons. The second kappa shape index (κ2) is 11.0. The number of para-hydroxylation sites is 1. The van der Waals surface area contributed by atoms with Crippen LogP contribution in [0.2, 0.25) is 0 Å². The predicted octanol–water partition coefficient (Wildman–Crippen LogP) is 2.49. The standard InChI is InChI=1S/C27H29N5O6/c1-17(33)32-8-6-31(7-9-32)14-19(34)15-36-25-11-22-20(10-24(25)35-2)26(18(12-28)13-29-22)30-21-4-3-5-23-27(21)38-16-37-23/h3-5,10-11,13,19,34H,6-9,14-16H2,1-2H3,(H,29,30)/t19-/m1/s1. The van der Waals surface area contributed by atoms with E-state index < -0.39 is 6.10 Å². The molecule has 1 fully saturated rings. The highest BCUT2D eigenvalue weighted by atomic mass is 16.7. The number of rotatable bonds is 8. The summed E-state index contributed by atoms with van der Waals surface area (Å²) < 4.78 is 22.6. The summed E-state index contributed by atoms with van der Waals surface area (Å²) in [5, 5.41) is 24.3. The van der Waals surface area contributed by atoms with Gasteiger partial charge in [-0.3, -0.25) is 14.7 Å². The number of aromatic nitrogens is 1. The number of piperazine rings is 1. The Morgan fingerprint density at radius 1 is 1.24 bits per heavy atom. The first-order valence-corrected chi connectivity index (χ1v) is 12.3. The van der Waals surface area contributed by atoms with Crippen LogP contribution in [0.1, 0.15) is 12.5 Å². The van der Waals surface area contributed by atoms with E-state index in [0.717, 1.165) is 0 Å². The molecule has 11 heteroatoms. The van der Waals surface area contributed by atoms with Crippen LogP contribution in [0.25, 0.3) is 10.9 Å². The van der Waals surface area contributed by atoms with E-state index in [-0.39, 0.29) is 19.3 Å². The maximum atomic E-state index is 11.5. The molecule has 2 N–H and O–H groups in total. The van der Waals surface area contributed by atoms with Crippen molar-refractivity contribution < 1.29 is 28.8 Å². The highest BCUT2D eigenvalue weighted by Gasteiger charge is 2.23. The third-order valence-corrected chi connectivity index (χ3v) is 6.65. The van der Waals surface area contributed by atoms with Crippen molar-refractivity contribution in [3.05, 3.63) is 42.1 Å². The van der Waals surface area contributed by atoms with E-state index in [2.05, 4.69) is 21.3 Å². The quantitative estimate of drug-likeness (QED) is 0.458. The van der Waals surface area contributed by atoms with E-state index in [4.69, 9.17) is 18.9 Å². The zero-order valence-electron chi connectivity index (χ0n) is 21.3. The number of nitrogens with zero attached hydrogens (tertiary/aromatic N) is 4. The van der Waals surface area contributed by atoms with E-state index in [1.807, 2.05) is 18.2 Å². The molecule has 0 unspecified atom stereocenters. The summed E-state index contributed by atoms with van der Waals surface area (Å²) in [6.07, 6.45) is 0.768. The molecule has 5 rings (SSSR count). The number of carbonyl (C=O) groups excluding carboxylic acids is 1. The summed E-state index contributed by atoms with van der Waals surface area (Å²) in [5.41, 5.74) is 2.15. The number of aliphatic hydroxyl groups excluding tert-OH is 1. The van der Waals surface area contributed by atoms with Crippen LogP contribution in [0.5, 0.6) is 23.0 Å². The normalized spacial score (nSPS) is 15.7. The zero-order chi connectivity index (χ0) is 26.6. The minimum Gasteiger partial charge on any atom is -0.493 e. The SMILES string of the molecule is COc1cc2c(Nc3cccc4c3OCO4)c(C#N)cnc2cc1OC[C@H](O)CN1CCN(C(C)=O)CC1. The van der Waals surface area contributed by atoms with E-state index in [9.17, 15) is 15.2 Å². The van der Waals surface area contributed by atoms with Crippen molar-refractivity contribution in [3.63, 3.8) is 0 Å². The van der Waals surface area contributed by atoms with Gasteiger partial charge < -0.3 is 34.3 Å². The third kappa shape index (κ3) is 5.22. The Morgan fingerprint density at radius 3 is 2.79 bits per heavy atom. The maximum absolute atomic E-state index is 11.5. The van der Waals surface area contributed by atoms with Gasteiger partial charge in [0.15, 0.2) is 23.0 Å². The Balaban J connectivity index is 1.34. The molecule has 0 saturated carbocycles. The predicted molar refractivity (Wildman–Crippen MR) is 139 cm³/mol. The fourth-order valence-corrected chi connectivity index (χ4v) is 4.64. The number of pyridine rings is 1. The topological polar surface area (TPSA) is 129 Å². The van der Waals surface area contributed by atoms with Gasteiger partial charge in [-0.05, 0) is 18.2 Å². The molecule has 2 aromatic carbocycles. The van der Waals surface area contributed by atoms with Crippen molar-refractivity contribution in [1.82, 2.24) is 14.8 Å². The monoisotopic (exact) mass is 519 g/mol. The van der Waals surface area contributed by atoms with Gasteiger partial charge in [-0.15, -0.1) is 0 Å². The minimum atomic E-state index is -0.729. The van der Waals surface area contributed by atoms with Crippen LogP contribution in [-0.4, -0.2) is 85.1 Å². The smallest absolute Gasteiger partial charge is 0.231 e. The van der Waals surface area contributed by atoms with Crippen LogP contribution < -0.4 is 24.3 Å². The lowest BCUT2D eigenvalue weighted by Crippen LogP contribution is -2.50. The zero-order valence-corrected chi connectivity index (χ0v) is 21.3. The first-order valence-electron chi connectivity index (χ1n) is 12.3. The number of nitriles is 1. The highest BCUT2D eigenvalue weighted by molar-refractivity contribution is 5.98. The summed E-state index contributed by atoms with van der Waals surface area (Å²) in [5.74, 6) is 2.14. The Bertz CT molecular complexity index is 1380. The molecule has 2 aliphatic heterocycles. The van der Waals surface area contributed by atoms with Gasteiger partial charge in [0.05, 0.1) is 29.6 Å². The Kier molecular flexibility index (Phi) is 7.35. The lowest BCUT2D eigenvalue weighted by molar-refractivity contribution is -0.130. The number of β-amino-alcohol motifs (C(OH)–C–C–N with tert-alkyl or cyclic N) is 1. The van der Waals surface area contributed by atoms with Gasteiger partial charge in [0.1, 0.15) is 18.8 Å². The number of amides is 1. The lowest BCUT2D eigenvalue weighted by Gasteiger charge is -2.35. The number of carbonyl (C=O) groups is 1. The Morgan fingerprint density at radius 2 is 2.05 bits per heavy atom. The first-order chi connectivity index (χ1) is 18.5. The Labute approximate surface area is 220 Å². The van der Waals surface area contributed by atoms with Crippen LogP contribution in [0.3, 0.4) is 0 Å². The van der Waals surface area contributed by atoms with Crippen molar-refractivity contribution in [2.24, 2.45) is 0 Å². The van der Waals surface area contributed by atoms with Crippen LogP contribution >= 0.6 is 0 Å². The number of aliphatic hydroxyl groups is 1. The van der Waals surface area contributed by atoms with Crippen molar-refractivity contribution >= 4 is 28.2 Å². The van der Waals surface area contributed by atoms with Gasteiger partial charge in [-0.2, -0.15) is 5.26 Å². The van der Waals surface area contributed by atoms with Gasteiger partial charge in [0.25, 0.3) is 0 Å². The van der Waals surface area contributed by atoms with Crippen LogP contribution in [-0.2, 0) is 4.79 Å². The molecule has 1 atom stereocenters. The number of nitrogens with one attached hydrogen (secondary N) is 1. The van der Waals surface area contributed by atoms with Gasteiger partial charge in [0, 0.05) is 57.3 Å². The molecule has 0 aliphatic carbocycles. The first kappa shape index (κ1) is 25.4. The van der Waals surface area contributed by atoms with Crippen LogP contribution in [0, 0.1) is 11.3 Å². The van der Waals surface area contributed by atoms with Crippen LogP contribution in [0.4, 0.5) is 11.4 Å². The molecule has 3 heterocycles. The van der Waals surface area contributed by atoms with E-state index in [1.54, 1.807) is 24.0 Å². The molecule has 1 aromatic heterocycles. The van der Waals surface area contributed by atoms with E-state index >= 15 is 0 Å². The number of ether oxygens (including phenoxy) is 4. The number of hydrogen-bond acceptors (Lipinski definition) is 10. The number of fused-ring (bicyclic) bond motifs is 2. The fourth-order valence-electron chi connectivity index (χ4n) is 4.64. The molecule has 11 nitrogen and oxygen atoms in total. The molecular formula is C27H29N5O6. The number of hydrogen-bond donors (Lipinski definition) is 2. The number of methoxy groups -OCH3 is 1. The molecule has 0 radical (unpaired) electrons. The molecular weight excluding hydrogens is 490 g/mol. The van der Waals surface area contributed by atoms with Gasteiger partial charge in [-0.25, -0.2) is 0 Å². The average Bonchev–Trinajstić information content (AvgIpc) is 3.42.